The summed E-state index contributed by atoms with van der Waals surface area (Å²) in [5, 5.41) is 8.67. The predicted molar refractivity (Wildman–Crippen MR) is 54.2 cm³/mol. The van der Waals surface area contributed by atoms with E-state index in [4.69, 9.17) is 15.7 Å². The van der Waals surface area contributed by atoms with Crippen molar-refractivity contribution in [2.45, 2.75) is 25.9 Å². The molecule has 1 heterocycles. The lowest BCUT2D eigenvalue weighted by Crippen LogP contribution is -2.48. The highest BCUT2D eigenvalue weighted by molar-refractivity contribution is 5.67. The minimum Gasteiger partial charge on any atom is -0.450 e. The number of nitrogens with zero attached hydrogens (tertiary/aromatic N) is 1. The van der Waals surface area contributed by atoms with Crippen molar-refractivity contribution < 1.29 is 14.7 Å². The van der Waals surface area contributed by atoms with E-state index in [-0.39, 0.29) is 12.0 Å². The first kappa shape index (κ1) is 12.2. The molecule has 1 aliphatic heterocycles. The lowest BCUT2D eigenvalue weighted by atomic mass is 9.94. The molecule has 6 heteroatoms. The highest BCUT2D eigenvalue weighted by Gasteiger charge is 2.26. The molecule has 1 fully saturated rings. The van der Waals surface area contributed by atoms with Gasteiger partial charge >= 0.3 is 6.09 Å². The molecule has 15 heavy (non-hydrogen) atoms. The first-order valence-electron chi connectivity index (χ1n) is 5.26. The quantitative estimate of drug-likeness (QED) is 0.461. The molecule has 1 amide bonds. The van der Waals surface area contributed by atoms with E-state index < -0.39 is 6.17 Å². The number of hydroxylamine groups is 1. The molecule has 6 nitrogen and oxygen atoms in total. The van der Waals surface area contributed by atoms with Crippen molar-refractivity contribution in [2.75, 3.05) is 19.7 Å². The molecule has 1 saturated heterocycles. The van der Waals surface area contributed by atoms with Gasteiger partial charge in [0.1, 0.15) is 0 Å². The van der Waals surface area contributed by atoms with Crippen LogP contribution in [0.3, 0.4) is 0 Å². The van der Waals surface area contributed by atoms with E-state index in [2.05, 4.69) is 0 Å². The Morgan fingerprint density at radius 3 is 2.73 bits per heavy atom. The van der Waals surface area contributed by atoms with Crippen LogP contribution in [-0.4, -0.2) is 42.1 Å². The largest absolute Gasteiger partial charge is 0.450 e. The van der Waals surface area contributed by atoms with Gasteiger partial charge in [-0.3, -0.25) is 0 Å². The Bertz CT molecular complexity index is 205. The average molecular weight is 217 g/mol. The summed E-state index contributed by atoms with van der Waals surface area (Å²) in [6.45, 7) is 3.46. The van der Waals surface area contributed by atoms with Gasteiger partial charge in [0.2, 0.25) is 0 Å². The van der Waals surface area contributed by atoms with E-state index in [1.165, 1.54) is 0 Å². The van der Waals surface area contributed by atoms with Crippen LogP contribution in [0.2, 0.25) is 0 Å². The zero-order valence-electron chi connectivity index (χ0n) is 8.98. The molecule has 0 spiro atoms. The molecular weight excluding hydrogens is 198 g/mol. The molecule has 1 rings (SSSR count). The minimum absolute atomic E-state index is 0.209. The van der Waals surface area contributed by atoms with E-state index in [1.807, 2.05) is 5.48 Å². The summed E-state index contributed by atoms with van der Waals surface area (Å²) in [7, 11) is 0. The molecule has 1 aliphatic rings. The number of nitrogens with two attached hydrogens (primary N) is 1. The van der Waals surface area contributed by atoms with Crippen LogP contribution in [0.15, 0.2) is 0 Å². The van der Waals surface area contributed by atoms with E-state index in [9.17, 15) is 4.79 Å². The van der Waals surface area contributed by atoms with Crippen molar-refractivity contribution in [1.82, 2.24) is 10.4 Å². The van der Waals surface area contributed by atoms with E-state index in [0.29, 0.717) is 19.7 Å². The molecule has 1 atom stereocenters. The number of rotatable bonds is 3. The second-order valence-corrected chi connectivity index (χ2v) is 3.68. The van der Waals surface area contributed by atoms with Crippen LogP contribution in [0.25, 0.3) is 0 Å². The SMILES string of the molecule is CCOC(=O)N1CCC(C(N)NO)CC1. The van der Waals surface area contributed by atoms with Crippen LogP contribution in [0.5, 0.6) is 0 Å². The van der Waals surface area contributed by atoms with Crippen LogP contribution >= 0.6 is 0 Å². The van der Waals surface area contributed by atoms with Gasteiger partial charge in [-0.05, 0) is 25.7 Å². The number of hydrogen-bond donors (Lipinski definition) is 3. The average Bonchev–Trinajstić information content (AvgIpc) is 2.28. The van der Waals surface area contributed by atoms with E-state index in [0.717, 1.165) is 12.8 Å². The lowest BCUT2D eigenvalue weighted by molar-refractivity contribution is 0.0599. The summed E-state index contributed by atoms with van der Waals surface area (Å²) >= 11 is 0. The van der Waals surface area contributed by atoms with Gasteiger partial charge in [0.05, 0.1) is 12.8 Å². The molecule has 0 aliphatic carbocycles. The second kappa shape index (κ2) is 5.89. The van der Waals surface area contributed by atoms with Gasteiger partial charge in [-0.15, -0.1) is 0 Å². The Balaban J connectivity index is 2.32. The summed E-state index contributed by atoms with van der Waals surface area (Å²) in [6, 6.07) is 0. The predicted octanol–water partition coefficient (Wildman–Crippen LogP) is 0.119. The molecule has 0 aromatic carbocycles. The smallest absolute Gasteiger partial charge is 0.409 e. The topological polar surface area (TPSA) is 87.8 Å². The summed E-state index contributed by atoms with van der Waals surface area (Å²) in [6.07, 6.45) is 0.900. The molecule has 0 saturated carbocycles. The van der Waals surface area contributed by atoms with Gasteiger partial charge in [-0.25, -0.2) is 4.79 Å². The molecule has 0 aromatic heterocycles. The van der Waals surface area contributed by atoms with Crippen molar-refractivity contribution in [2.24, 2.45) is 11.7 Å². The van der Waals surface area contributed by atoms with E-state index in [1.54, 1.807) is 11.8 Å². The highest BCUT2D eigenvalue weighted by atomic mass is 16.6. The third-order valence-corrected chi connectivity index (χ3v) is 2.72. The van der Waals surface area contributed by atoms with Crippen LogP contribution in [0.1, 0.15) is 19.8 Å². The monoisotopic (exact) mass is 217 g/mol. The van der Waals surface area contributed by atoms with E-state index >= 15 is 0 Å². The maximum atomic E-state index is 11.4. The van der Waals surface area contributed by atoms with Crippen LogP contribution < -0.4 is 11.2 Å². The number of likely N-dealkylation sites (tertiary alicyclic amines) is 1. The van der Waals surface area contributed by atoms with Gasteiger partial charge in [0.25, 0.3) is 0 Å². The molecule has 0 aromatic rings. The van der Waals surface area contributed by atoms with Crippen LogP contribution in [-0.2, 0) is 4.74 Å². The van der Waals surface area contributed by atoms with Crippen molar-refractivity contribution in [3.8, 4) is 0 Å². The number of carbonyl (C=O) groups is 1. The molecular formula is C9H19N3O3. The Labute approximate surface area is 89.3 Å². The third kappa shape index (κ3) is 3.33. The summed E-state index contributed by atoms with van der Waals surface area (Å²) < 4.78 is 4.89. The fourth-order valence-electron chi connectivity index (χ4n) is 1.76. The first-order valence-corrected chi connectivity index (χ1v) is 5.26. The zero-order valence-corrected chi connectivity index (χ0v) is 8.98. The molecule has 4 N–H and O–H groups in total. The molecule has 0 radical (unpaired) electrons. The number of amides is 1. The van der Waals surface area contributed by atoms with Crippen molar-refractivity contribution in [3.63, 3.8) is 0 Å². The molecule has 0 bridgehead atoms. The zero-order chi connectivity index (χ0) is 11.3. The maximum Gasteiger partial charge on any atom is 0.409 e. The molecule has 88 valence electrons. The Morgan fingerprint density at radius 1 is 1.67 bits per heavy atom. The number of carbonyl (C=O) groups excluding carboxylic acids is 1. The van der Waals surface area contributed by atoms with Gasteiger partial charge in [-0.1, -0.05) is 0 Å². The number of piperidine rings is 1. The summed E-state index contributed by atoms with van der Waals surface area (Å²) in [4.78, 5) is 13.0. The lowest BCUT2D eigenvalue weighted by Gasteiger charge is -2.33. The minimum atomic E-state index is -0.408. The van der Waals surface area contributed by atoms with Crippen LogP contribution in [0.4, 0.5) is 4.79 Å². The standard InChI is InChI=1S/C9H19N3O3/c1-2-15-9(13)12-5-3-7(4-6-12)8(10)11-14/h7-8,11,14H,2-6,10H2,1H3. The van der Waals surface area contributed by atoms with Crippen LogP contribution in [0, 0.1) is 5.92 Å². The Hall–Kier alpha value is -0.850. The summed E-state index contributed by atoms with van der Waals surface area (Å²) in [5.41, 5.74) is 7.68. The molecule has 1 unspecified atom stereocenters. The number of hydrogen-bond acceptors (Lipinski definition) is 5. The Kier molecular flexibility index (Phi) is 4.80. The second-order valence-electron chi connectivity index (χ2n) is 3.68. The summed E-state index contributed by atoms with van der Waals surface area (Å²) in [5.74, 6) is 0.209. The van der Waals surface area contributed by atoms with Gasteiger partial charge in [0, 0.05) is 13.1 Å². The normalized spacial score (nSPS) is 20.1. The Morgan fingerprint density at radius 2 is 2.27 bits per heavy atom. The number of nitrogens with one attached hydrogen (secondary N) is 1. The third-order valence-electron chi connectivity index (χ3n) is 2.72. The van der Waals surface area contributed by atoms with Gasteiger partial charge in [0.15, 0.2) is 0 Å². The number of ether oxygens (including phenoxy) is 1. The van der Waals surface area contributed by atoms with Crippen molar-refractivity contribution in [1.29, 1.82) is 0 Å². The van der Waals surface area contributed by atoms with Gasteiger partial charge in [-0.2, -0.15) is 5.48 Å². The first-order chi connectivity index (χ1) is 7.19. The van der Waals surface area contributed by atoms with Gasteiger partial charge < -0.3 is 20.6 Å². The highest BCUT2D eigenvalue weighted by Crippen LogP contribution is 2.18. The fourth-order valence-corrected chi connectivity index (χ4v) is 1.76. The van der Waals surface area contributed by atoms with Crippen molar-refractivity contribution in [3.05, 3.63) is 0 Å². The maximum absolute atomic E-state index is 11.4. The fraction of sp³-hybridized carbons (Fsp3) is 0.889. The van der Waals surface area contributed by atoms with Crippen molar-refractivity contribution >= 4 is 6.09 Å².